The summed E-state index contributed by atoms with van der Waals surface area (Å²) in [5.41, 5.74) is 1.66. The summed E-state index contributed by atoms with van der Waals surface area (Å²) in [5, 5.41) is 15.0. The number of nitrogens with zero attached hydrogens (tertiary/aromatic N) is 4. The van der Waals surface area contributed by atoms with Crippen LogP contribution in [-0.4, -0.2) is 32.7 Å². The van der Waals surface area contributed by atoms with Crippen molar-refractivity contribution in [2.24, 2.45) is 0 Å². The summed E-state index contributed by atoms with van der Waals surface area (Å²) in [7, 11) is 0. The second-order valence-electron chi connectivity index (χ2n) is 5.86. The lowest BCUT2D eigenvalue weighted by molar-refractivity contribution is 0.0954. The van der Waals surface area contributed by atoms with Crippen molar-refractivity contribution < 1.29 is 9.53 Å². The van der Waals surface area contributed by atoms with Gasteiger partial charge in [-0.3, -0.25) is 4.79 Å². The minimum absolute atomic E-state index is 0.126. The van der Waals surface area contributed by atoms with Crippen LogP contribution in [0.4, 0.5) is 0 Å². The standard InChI is InChI=1S/C19H20ClN5O2/c1-2-25-18(22-23-24-25)13-27-17-8-6-15(7-9-17)19(26)21-11-10-14-4-3-5-16(20)12-14/h3-9,12H,2,10-11,13H2,1H3,(H,21,26). The molecule has 8 heteroatoms. The van der Waals surface area contributed by atoms with E-state index in [1.165, 1.54) is 0 Å². The zero-order valence-corrected chi connectivity index (χ0v) is 15.7. The molecule has 7 nitrogen and oxygen atoms in total. The van der Waals surface area contributed by atoms with E-state index in [4.69, 9.17) is 16.3 Å². The Balaban J connectivity index is 1.48. The van der Waals surface area contributed by atoms with Crippen LogP contribution in [0.25, 0.3) is 0 Å². The van der Waals surface area contributed by atoms with E-state index in [0.29, 0.717) is 35.2 Å². The van der Waals surface area contributed by atoms with Crippen molar-refractivity contribution in [1.82, 2.24) is 25.5 Å². The molecular weight excluding hydrogens is 366 g/mol. The Morgan fingerprint density at radius 3 is 2.78 bits per heavy atom. The average molecular weight is 386 g/mol. The Hall–Kier alpha value is -2.93. The quantitative estimate of drug-likeness (QED) is 0.644. The van der Waals surface area contributed by atoms with E-state index in [-0.39, 0.29) is 12.5 Å². The molecule has 1 N–H and O–H groups in total. The first-order valence-electron chi connectivity index (χ1n) is 8.66. The van der Waals surface area contributed by atoms with Gasteiger partial charge in [0.25, 0.3) is 5.91 Å². The Bertz CT molecular complexity index is 895. The second-order valence-corrected chi connectivity index (χ2v) is 6.30. The molecule has 0 aliphatic heterocycles. The smallest absolute Gasteiger partial charge is 0.251 e. The third kappa shape index (κ3) is 5.27. The zero-order chi connectivity index (χ0) is 19.1. The van der Waals surface area contributed by atoms with Gasteiger partial charge < -0.3 is 10.1 Å². The number of amides is 1. The van der Waals surface area contributed by atoms with Crippen LogP contribution in [0.3, 0.4) is 0 Å². The Morgan fingerprint density at radius 2 is 2.04 bits per heavy atom. The van der Waals surface area contributed by atoms with E-state index in [0.717, 1.165) is 12.0 Å². The maximum atomic E-state index is 12.2. The molecule has 2 aromatic carbocycles. The molecule has 0 aliphatic carbocycles. The molecule has 140 valence electrons. The van der Waals surface area contributed by atoms with Crippen molar-refractivity contribution in [2.45, 2.75) is 26.5 Å². The first kappa shape index (κ1) is 18.8. The summed E-state index contributed by atoms with van der Waals surface area (Å²) in [6.45, 7) is 3.45. The maximum Gasteiger partial charge on any atom is 0.251 e. The highest BCUT2D eigenvalue weighted by molar-refractivity contribution is 6.30. The number of hydrogen-bond donors (Lipinski definition) is 1. The molecule has 0 fully saturated rings. The Kier molecular flexibility index (Phi) is 6.38. The topological polar surface area (TPSA) is 81.9 Å². The molecule has 0 saturated carbocycles. The molecule has 3 aromatic rings. The predicted molar refractivity (Wildman–Crippen MR) is 102 cm³/mol. The van der Waals surface area contributed by atoms with Crippen LogP contribution in [0, 0.1) is 0 Å². The van der Waals surface area contributed by atoms with Gasteiger partial charge in [0.2, 0.25) is 0 Å². The van der Waals surface area contributed by atoms with E-state index in [2.05, 4.69) is 20.8 Å². The van der Waals surface area contributed by atoms with E-state index in [9.17, 15) is 4.79 Å². The molecule has 0 aliphatic rings. The second kappa shape index (κ2) is 9.14. The number of tetrazole rings is 1. The number of halogens is 1. The first-order valence-corrected chi connectivity index (χ1v) is 9.04. The van der Waals surface area contributed by atoms with Gasteiger partial charge in [0.15, 0.2) is 5.82 Å². The summed E-state index contributed by atoms with van der Waals surface area (Å²) in [6, 6.07) is 14.6. The molecule has 1 heterocycles. The van der Waals surface area contributed by atoms with E-state index in [1.54, 1.807) is 28.9 Å². The number of aromatic nitrogens is 4. The number of carbonyl (C=O) groups excluding carboxylic acids is 1. The fraction of sp³-hybridized carbons (Fsp3) is 0.263. The molecule has 0 spiro atoms. The van der Waals surface area contributed by atoms with Crippen molar-refractivity contribution in [3.63, 3.8) is 0 Å². The van der Waals surface area contributed by atoms with Gasteiger partial charge in [-0.1, -0.05) is 23.7 Å². The van der Waals surface area contributed by atoms with Gasteiger partial charge in [0.1, 0.15) is 12.4 Å². The molecule has 1 amide bonds. The predicted octanol–water partition coefficient (Wildman–Crippen LogP) is 2.90. The van der Waals surface area contributed by atoms with Gasteiger partial charge in [0, 0.05) is 23.7 Å². The van der Waals surface area contributed by atoms with Crippen molar-refractivity contribution in [1.29, 1.82) is 0 Å². The van der Waals surface area contributed by atoms with Crippen molar-refractivity contribution in [3.8, 4) is 5.75 Å². The van der Waals surface area contributed by atoms with Crippen LogP contribution in [-0.2, 0) is 19.6 Å². The monoisotopic (exact) mass is 385 g/mol. The first-order chi connectivity index (χ1) is 13.2. The Labute approximate surface area is 162 Å². The number of ether oxygens (including phenoxy) is 1. The van der Waals surface area contributed by atoms with Crippen LogP contribution in [0.15, 0.2) is 48.5 Å². The highest BCUT2D eigenvalue weighted by Gasteiger charge is 2.08. The SMILES string of the molecule is CCn1nnnc1COc1ccc(C(=O)NCCc2cccc(Cl)c2)cc1. The van der Waals surface area contributed by atoms with Crippen LogP contribution >= 0.6 is 11.6 Å². The molecule has 0 radical (unpaired) electrons. The van der Waals surface area contributed by atoms with Crippen molar-refractivity contribution in [3.05, 3.63) is 70.5 Å². The molecule has 0 saturated heterocycles. The number of nitrogens with one attached hydrogen (secondary N) is 1. The molecule has 1 aromatic heterocycles. The van der Waals surface area contributed by atoms with Crippen molar-refractivity contribution >= 4 is 17.5 Å². The number of carbonyl (C=O) groups is 1. The van der Waals surface area contributed by atoms with Gasteiger partial charge in [-0.05, 0) is 65.7 Å². The summed E-state index contributed by atoms with van der Waals surface area (Å²) in [5.74, 6) is 1.18. The lowest BCUT2D eigenvalue weighted by Crippen LogP contribution is -2.25. The highest BCUT2D eigenvalue weighted by Crippen LogP contribution is 2.14. The number of rotatable bonds is 8. The number of benzene rings is 2. The van der Waals surface area contributed by atoms with Gasteiger partial charge in [0.05, 0.1) is 0 Å². The minimum Gasteiger partial charge on any atom is -0.486 e. The summed E-state index contributed by atoms with van der Waals surface area (Å²) in [6.07, 6.45) is 0.722. The molecule has 0 bridgehead atoms. The molecule has 0 unspecified atom stereocenters. The number of aryl methyl sites for hydroxylation is 1. The van der Waals surface area contributed by atoms with Gasteiger partial charge in [-0.25, -0.2) is 4.68 Å². The lowest BCUT2D eigenvalue weighted by Gasteiger charge is -2.08. The Morgan fingerprint density at radius 1 is 1.22 bits per heavy atom. The highest BCUT2D eigenvalue weighted by atomic mass is 35.5. The van der Waals surface area contributed by atoms with Crippen LogP contribution in [0.5, 0.6) is 5.75 Å². The summed E-state index contributed by atoms with van der Waals surface area (Å²) in [4.78, 5) is 12.2. The fourth-order valence-electron chi connectivity index (χ4n) is 2.54. The van der Waals surface area contributed by atoms with E-state index in [1.807, 2.05) is 31.2 Å². The van der Waals surface area contributed by atoms with Crippen LogP contribution in [0.2, 0.25) is 5.02 Å². The van der Waals surface area contributed by atoms with Crippen LogP contribution < -0.4 is 10.1 Å². The van der Waals surface area contributed by atoms with Gasteiger partial charge >= 0.3 is 0 Å². The third-order valence-electron chi connectivity index (χ3n) is 3.98. The van der Waals surface area contributed by atoms with Crippen LogP contribution in [0.1, 0.15) is 28.7 Å². The van der Waals surface area contributed by atoms with Crippen molar-refractivity contribution in [2.75, 3.05) is 6.54 Å². The van der Waals surface area contributed by atoms with Gasteiger partial charge in [-0.15, -0.1) is 5.10 Å². The zero-order valence-electron chi connectivity index (χ0n) is 14.9. The largest absolute Gasteiger partial charge is 0.486 e. The summed E-state index contributed by atoms with van der Waals surface area (Å²) >= 11 is 5.96. The van der Waals surface area contributed by atoms with E-state index < -0.39 is 0 Å². The average Bonchev–Trinajstić information content (AvgIpc) is 3.14. The molecule has 0 atom stereocenters. The minimum atomic E-state index is -0.126. The molecule has 3 rings (SSSR count). The third-order valence-corrected chi connectivity index (χ3v) is 4.21. The normalized spacial score (nSPS) is 10.6. The van der Waals surface area contributed by atoms with Gasteiger partial charge in [-0.2, -0.15) is 0 Å². The van der Waals surface area contributed by atoms with E-state index >= 15 is 0 Å². The molecule has 27 heavy (non-hydrogen) atoms. The number of hydrogen-bond acceptors (Lipinski definition) is 5. The maximum absolute atomic E-state index is 12.2. The molecular formula is C19H20ClN5O2. The fourth-order valence-corrected chi connectivity index (χ4v) is 2.75. The lowest BCUT2D eigenvalue weighted by atomic mass is 10.1. The summed E-state index contributed by atoms with van der Waals surface area (Å²) < 4.78 is 7.34.